The van der Waals surface area contributed by atoms with E-state index in [4.69, 9.17) is 12.2 Å². The first-order valence-corrected chi connectivity index (χ1v) is 9.28. The van der Waals surface area contributed by atoms with Crippen LogP contribution in [0.15, 0.2) is 29.2 Å². The summed E-state index contributed by atoms with van der Waals surface area (Å²) in [6.07, 6.45) is 6.30. The van der Waals surface area contributed by atoms with Gasteiger partial charge in [0.1, 0.15) is 10.1 Å². The molecule has 5 heteroatoms. The molecule has 0 bridgehead atoms. The van der Waals surface area contributed by atoms with Gasteiger partial charge < -0.3 is 0 Å². The first-order chi connectivity index (χ1) is 11.0. The molecule has 1 aliphatic rings. The Morgan fingerprint density at radius 1 is 1.30 bits per heavy atom. The number of carbonyl (C=O) groups excluding carboxylic acids is 1. The summed E-state index contributed by atoms with van der Waals surface area (Å²) >= 11 is 6.71. The van der Waals surface area contributed by atoms with Crippen LogP contribution in [0.5, 0.6) is 0 Å². The highest BCUT2D eigenvalue weighted by molar-refractivity contribution is 8.26. The molecule has 0 saturated carbocycles. The van der Waals surface area contributed by atoms with E-state index < -0.39 is 0 Å². The molecule has 1 aliphatic heterocycles. The lowest BCUT2D eigenvalue weighted by Gasteiger charge is -2.21. The van der Waals surface area contributed by atoms with Gasteiger partial charge >= 0.3 is 0 Å². The molecule has 2 rings (SSSR count). The van der Waals surface area contributed by atoms with Crippen LogP contribution in [-0.4, -0.2) is 21.7 Å². The monoisotopic (exact) mass is 351 g/mol. The van der Waals surface area contributed by atoms with Crippen molar-refractivity contribution in [3.63, 3.8) is 0 Å². The van der Waals surface area contributed by atoms with Crippen LogP contribution in [0.1, 0.15) is 45.1 Å². The Labute approximate surface area is 147 Å². The fraction of sp³-hybridized carbons (Fsp3) is 0.444. The van der Waals surface area contributed by atoms with E-state index in [1.165, 1.54) is 36.7 Å². The maximum absolute atomic E-state index is 13.0. The Hall–Kier alpha value is -1.20. The van der Waals surface area contributed by atoms with Gasteiger partial charge in [-0.3, -0.25) is 9.69 Å². The summed E-state index contributed by atoms with van der Waals surface area (Å²) in [5.74, 6) is 0.179. The van der Waals surface area contributed by atoms with Crippen molar-refractivity contribution in [2.45, 2.75) is 39.5 Å². The highest BCUT2D eigenvalue weighted by atomic mass is 32.2. The Bertz CT molecular complexity index is 598. The van der Waals surface area contributed by atoms with Crippen molar-refractivity contribution in [3.8, 4) is 0 Å². The highest BCUT2D eigenvalue weighted by Crippen LogP contribution is 2.33. The second kappa shape index (κ2) is 8.60. The number of amides is 1. The van der Waals surface area contributed by atoms with Crippen molar-refractivity contribution in [1.82, 2.24) is 4.90 Å². The van der Waals surface area contributed by atoms with Crippen LogP contribution in [0, 0.1) is 11.7 Å². The second-order valence-electron chi connectivity index (χ2n) is 5.76. The summed E-state index contributed by atoms with van der Waals surface area (Å²) in [6, 6.07) is 6.12. The number of thioether (sulfide) groups is 1. The van der Waals surface area contributed by atoms with E-state index in [9.17, 15) is 9.18 Å². The Morgan fingerprint density at radius 3 is 2.61 bits per heavy atom. The number of benzene rings is 1. The van der Waals surface area contributed by atoms with Gasteiger partial charge in [0.15, 0.2) is 0 Å². The molecular formula is C18H22FNOS2. The molecule has 1 aromatic carbocycles. The van der Waals surface area contributed by atoms with Gasteiger partial charge in [0.25, 0.3) is 5.91 Å². The molecule has 124 valence electrons. The average molecular weight is 352 g/mol. The van der Waals surface area contributed by atoms with Gasteiger partial charge in [-0.15, -0.1) is 0 Å². The minimum absolute atomic E-state index is 0.0285. The molecule has 1 fully saturated rings. The zero-order chi connectivity index (χ0) is 16.8. The Morgan fingerprint density at radius 2 is 2.00 bits per heavy atom. The highest BCUT2D eigenvalue weighted by Gasteiger charge is 2.33. The van der Waals surface area contributed by atoms with Crippen LogP contribution in [0.2, 0.25) is 0 Å². The lowest BCUT2D eigenvalue weighted by molar-refractivity contribution is -0.122. The number of hydrogen-bond donors (Lipinski definition) is 0. The molecular weight excluding hydrogens is 329 g/mol. The van der Waals surface area contributed by atoms with E-state index in [-0.39, 0.29) is 11.7 Å². The molecule has 0 aromatic heterocycles. The predicted octanol–water partition coefficient (Wildman–Crippen LogP) is 5.24. The molecule has 2 nitrogen and oxygen atoms in total. The van der Waals surface area contributed by atoms with Gasteiger partial charge in [-0.05, 0) is 36.1 Å². The molecule has 1 atom stereocenters. The number of hydrogen-bond acceptors (Lipinski definition) is 3. The van der Waals surface area contributed by atoms with Crippen LogP contribution in [-0.2, 0) is 4.79 Å². The second-order valence-corrected chi connectivity index (χ2v) is 7.44. The fourth-order valence-electron chi connectivity index (χ4n) is 2.54. The number of rotatable bonds is 7. The number of nitrogens with zero attached hydrogens (tertiary/aromatic N) is 1. The van der Waals surface area contributed by atoms with E-state index in [2.05, 4.69) is 13.8 Å². The van der Waals surface area contributed by atoms with E-state index in [0.717, 1.165) is 18.4 Å². The average Bonchev–Trinajstić information content (AvgIpc) is 2.80. The largest absolute Gasteiger partial charge is 0.293 e. The normalized spacial score (nSPS) is 18.0. The molecule has 0 aliphatic carbocycles. The first-order valence-electron chi connectivity index (χ1n) is 8.06. The van der Waals surface area contributed by atoms with Gasteiger partial charge in [-0.2, -0.15) is 0 Å². The molecule has 1 aromatic rings. The van der Waals surface area contributed by atoms with Crippen molar-refractivity contribution in [2.24, 2.45) is 5.92 Å². The van der Waals surface area contributed by atoms with Gasteiger partial charge in [-0.1, -0.05) is 69.2 Å². The summed E-state index contributed by atoms with van der Waals surface area (Å²) in [7, 11) is 0. The Kier molecular flexibility index (Phi) is 6.78. The lowest BCUT2D eigenvalue weighted by atomic mass is 9.99. The third kappa shape index (κ3) is 4.88. The van der Waals surface area contributed by atoms with Gasteiger partial charge in [0.05, 0.1) is 4.91 Å². The topological polar surface area (TPSA) is 20.3 Å². The molecule has 0 N–H and O–H groups in total. The molecule has 0 unspecified atom stereocenters. The van der Waals surface area contributed by atoms with Crippen molar-refractivity contribution in [2.75, 3.05) is 6.54 Å². The van der Waals surface area contributed by atoms with Crippen LogP contribution < -0.4 is 0 Å². The molecule has 0 radical (unpaired) electrons. The third-order valence-electron chi connectivity index (χ3n) is 4.03. The Balaban J connectivity index is 2.08. The van der Waals surface area contributed by atoms with Crippen molar-refractivity contribution >= 4 is 40.3 Å². The number of halogens is 1. The molecule has 1 amide bonds. The minimum atomic E-state index is -0.281. The number of thiocarbonyl (C=S) groups is 1. The van der Waals surface area contributed by atoms with Crippen molar-refractivity contribution in [1.29, 1.82) is 0 Å². The predicted molar refractivity (Wildman–Crippen MR) is 99.6 cm³/mol. The fourth-order valence-corrected chi connectivity index (χ4v) is 3.82. The minimum Gasteiger partial charge on any atom is -0.293 e. The van der Waals surface area contributed by atoms with Crippen molar-refractivity contribution < 1.29 is 9.18 Å². The van der Waals surface area contributed by atoms with Crippen LogP contribution in [0.25, 0.3) is 6.08 Å². The van der Waals surface area contributed by atoms with Gasteiger partial charge in [0.2, 0.25) is 0 Å². The molecule has 1 saturated heterocycles. The number of unbranched alkanes of at least 4 members (excludes halogenated alkanes) is 1. The van der Waals surface area contributed by atoms with E-state index >= 15 is 0 Å². The summed E-state index contributed by atoms with van der Waals surface area (Å²) in [4.78, 5) is 14.9. The smallest absolute Gasteiger partial charge is 0.266 e. The zero-order valence-corrected chi connectivity index (χ0v) is 15.2. The first kappa shape index (κ1) is 18.1. The van der Waals surface area contributed by atoms with Crippen LogP contribution in [0.3, 0.4) is 0 Å². The zero-order valence-electron chi connectivity index (χ0n) is 13.5. The van der Waals surface area contributed by atoms with E-state index in [1.807, 2.05) is 0 Å². The number of carbonyl (C=O) groups is 1. The maximum atomic E-state index is 13.0. The molecule has 0 spiro atoms. The van der Waals surface area contributed by atoms with Gasteiger partial charge in [-0.25, -0.2) is 4.39 Å². The summed E-state index contributed by atoms with van der Waals surface area (Å²) < 4.78 is 13.6. The quantitative estimate of drug-likeness (QED) is 0.495. The third-order valence-corrected chi connectivity index (χ3v) is 5.40. The van der Waals surface area contributed by atoms with E-state index in [0.29, 0.717) is 21.7 Å². The van der Waals surface area contributed by atoms with Gasteiger partial charge in [0, 0.05) is 6.54 Å². The lowest BCUT2D eigenvalue weighted by Crippen LogP contribution is -2.33. The summed E-state index contributed by atoms with van der Waals surface area (Å²) in [6.45, 7) is 5.03. The summed E-state index contributed by atoms with van der Waals surface area (Å²) in [5, 5.41) is 0. The van der Waals surface area contributed by atoms with E-state index in [1.54, 1.807) is 23.1 Å². The summed E-state index contributed by atoms with van der Waals surface area (Å²) in [5.41, 5.74) is 0.810. The van der Waals surface area contributed by atoms with Crippen LogP contribution >= 0.6 is 24.0 Å². The van der Waals surface area contributed by atoms with Crippen LogP contribution in [0.4, 0.5) is 4.39 Å². The standard InChI is InChI=1S/C18H22FNOS2/c1-3-5-6-13(4-2)12-20-17(21)16(23-18(20)22)11-14-7-9-15(19)10-8-14/h7-11,13H,3-6,12H2,1-2H3/b16-11-/t13-/m1/s1. The molecule has 1 heterocycles. The molecule has 23 heavy (non-hydrogen) atoms. The maximum Gasteiger partial charge on any atom is 0.266 e. The SMILES string of the molecule is CCCC[C@@H](CC)CN1C(=O)/C(=C/c2ccc(F)cc2)SC1=S. The van der Waals surface area contributed by atoms with Crippen molar-refractivity contribution in [3.05, 3.63) is 40.6 Å².